The number of carbonyl (C=O) groups is 1. The minimum atomic E-state index is -0.190. The summed E-state index contributed by atoms with van der Waals surface area (Å²) in [7, 11) is 1.67. The highest BCUT2D eigenvalue weighted by Crippen LogP contribution is 2.24. The average Bonchev–Trinajstić information content (AvgIpc) is 2.48. The first-order valence-corrected chi connectivity index (χ1v) is 6.85. The van der Waals surface area contributed by atoms with Crippen LogP contribution in [0.15, 0.2) is 24.3 Å². The number of carbonyl (C=O) groups excluding carboxylic acids is 1. The van der Waals surface area contributed by atoms with Gasteiger partial charge in [-0.25, -0.2) is 0 Å². The van der Waals surface area contributed by atoms with Crippen LogP contribution in [0.2, 0.25) is 0 Å². The fourth-order valence-electron chi connectivity index (χ4n) is 2.47. The SMILES string of the molecule is CC#CC(=O)NC1CCCN(c2cccc(OC)c2)C1. The van der Waals surface area contributed by atoms with Crippen molar-refractivity contribution in [2.75, 3.05) is 25.1 Å². The second kappa shape index (κ2) is 6.85. The summed E-state index contributed by atoms with van der Waals surface area (Å²) in [4.78, 5) is 13.8. The number of rotatable bonds is 3. The third-order valence-corrected chi connectivity index (χ3v) is 3.41. The molecule has 1 saturated heterocycles. The molecule has 1 aliphatic rings. The minimum Gasteiger partial charge on any atom is -0.497 e. The van der Waals surface area contributed by atoms with Crippen LogP contribution in [0, 0.1) is 11.8 Å². The van der Waals surface area contributed by atoms with Crippen LogP contribution in [0.5, 0.6) is 5.75 Å². The second-order valence-corrected chi connectivity index (χ2v) is 4.84. The fraction of sp³-hybridized carbons (Fsp3) is 0.438. The molecule has 0 bridgehead atoms. The zero-order valence-corrected chi connectivity index (χ0v) is 12.0. The number of anilines is 1. The number of piperidine rings is 1. The Labute approximate surface area is 120 Å². The molecule has 1 N–H and O–H groups in total. The Balaban J connectivity index is 2.01. The van der Waals surface area contributed by atoms with Gasteiger partial charge < -0.3 is 15.0 Å². The van der Waals surface area contributed by atoms with Crippen molar-refractivity contribution in [3.05, 3.63) is 24.3 Å². The number of hydrogen-bond donors (Lipinski definition) is 1. The molecule has 2 rings (SSSR count). The Morgan fingerprint density at radius 2 is 2.35 bits per heavy atom. The molecule has 0 radical (unpaired) electrons. The molecule has 1 fully saturated rings. The van der Waals surface area contributed by atoms with Crippen LogP contribution < -0.4 is 15.0 Å². The van der Waals surface area contributed by atoms with Crippen LogP contribution in [0.1, 0.15) is 19.8 Å². The number of methoxy groups -OCH3 is 1. The second-order valence-electron chi connectivity index (χ2n) is 4.84. The normalized spacial score (nSPS) is 17.9. The molecular weight excluding hydrogens is 252 g/mol. The van der Waals surface area contributed by atoms with E-state index in [0.717, 1.165) is 37.4 Å². The summed E-state index contributed by atoms with van der Waals surface area (Å²) in [6.07, 6.45) is 2.05. The Morgan fingerprint density at radius 1 is 1.50 bits per heavy atom. The molecule has 1 amide bonds. The van der Waals surface area contributed by atoms with Crippen LogP contribution in [0.25, 0.3) is 0 Å². The summed E-state index contributed by atoms with van der Waals surface area (Å²) in [6.45, 7) is 3.48. The number of ether oxygens (including phenoxy) is 1. The van der Waals surface area contributed by atoms with Gasteiger partial charge in [-0.15, -0.1) is 0 Å². The molecule has 4 nitrogen and oxygen atoms in total. The molecule has 1 aromatic rings. The van der Waals surface area contributed by atoms with Gasteiger partial charge in [-0.2, -0.15) is 0 Å². The van der Waals surface area contributed by atoms with Gasteiger partial charge in [0.1, 0.15) is 5.75 Å². The zero-order chi connectivity index (χ0) is 14.4. The molecular formula is C16H20N2O2. The van der Waals surface area contributed by atoms with Crippen molar-refractivity contribution in [2.45, 2.75) is 25.8 Å². The lowest BCUT2D eigenvalue weighted by molar-refractivity contribution is -0.116. The third kappa shape index (κ3) is 3.67. The molecule has 106 valence electrons. The van der Waals surface area contributed by atoms with Gasteiger partial charge in [-0.05, 0) is 37.8 Å². The molecule has 0 spiro atoms. The summed E-state index contributed by atoms with van der Waals surface area (Å²) in [6, 6.07) is 8.17. The van der Waals surface area contributed by atoms with Crippen molar-refractivity contribution in [1.82, 2.24) is 5.32 Å². The Hall–Kier alpha value is -2.15. The Kier molecular flexibility index (Phi) is 4.89. The van der Waals surface area contributed by atoms with Crippen LogP contribution in [0.3, 0.4) is 0 Å². The lowest BCUT2D eigenvalue weighted by Crippen LogP contribution is -2.47. The van der Waals surface area contributed by atoms with Gasteiger partial charge in [0, 0.05) is 30.9 Å². The lowest BCUT2D eigenvalue weighted by Gasteiger charge is -2.34. The van der Waals surface area contributed by atoms with Gasteiger partial charge in [0.15, 0.2) is 0 Å². The van der Waals surface area contributed by atoms with Gasteiger partial charge >= 0.3 is 0 Å². The summed E-state index contributed by atoms with van der Waals surface area (Å²) in [5, 5.41) is 2.96. The van der Waals surface area contributed by atoms with E-state index < -0.39 is 0 Å². The van der Waals surface area contributed by atoms with Crippen LogP contribution in [0.4, 0.5) is 5.69 Å². The fourth-order valence-corrected chi connectivity index (χ4v) is 2.47. The van der Waals surface area contributed by atoms with E-state index >= 15 is 0 Å². The molecule has 0 saturated carbocycles. The first-order valence-electron chi connectivity index (χ1n) is 6.85. The topological polar surface area (TPSA) is 41.6 Å². The van der Waals surface area contributed by atoms with E-state index in [2.05, 4.69) is 28.1 Å². The quantitative estimate of drug-likeness (QED) is 0.853. The maximum absolute atomic E-state index is 11.5. The van der Waals surface area contributed by atoms with E-state index in [9.17, 15) is 4.79 Å². The van der Waals surface area contributed by atoms with Crippen LogP contribution in [-0.2, 0) is 4.79 Å². The molecule has 1 heterocycles. The standard InChI is InChI=1S/C16H20N2O2/c1-3-6-16(19)17-13-7-5-10-18(12-13)14-8-4-9-15(11-14)20-2/h4,8-9,11,13H,5,7,10,12H2,1-2H3,(H,17,19). The van der Waals surface area contributed by atoms with Crippen LogP contribution in [-0.4, -0.2) is 32.1 Å². The average molecular weight is 272 g/mol. The van der Waals surface area contributed by atoms with Gasteiger partial charge in [-0.3, -0.25) is 4.79 Å². The van der Waals surface area contributed by atoms with E-state index in [1.807, 2.05) is 18.2 Å². The van der Waals surface area contributed by atoms with Crippen molar-refractivity contribution < 1.29 is 9.53 Å². The van der Waals surface area contributed by atoms with Gasteiger partial charge in [0.2, 0.25) is 0 Å². The van der Waals surface area contributed by atoms with Crippen molar-refractivity contribution in [3.8, 4) is 17.6 Å². The largest absolute Gasteiger partial charge is 0.497 e. The first kappa shape index (κ1) is 14.3. The highest BCUT2D eigenvalue weighted by atomic mass is 16.5. The molecule has 1 unspecified atom stereocenters. The number of benzene rings is 1. The summed E-state index contributed by atoms with van der Waals surface area (Å²) in [5.74, 6) is 5.81. The van der Waals surface area contributed by atoms with E-state index in [0.29, 0.717) is 0 Å². The molecule has 1 aliphatic heterocycles. The van der Waals surface area contributed by atoms with E-state index in [-0.39, 0.29) is 11.9 Å². The zero-order valence-electron chi connectivity index (χ0n) is 12.0. The summed E-state index contributed by atoms with van der Waals surface area (Å²) in [5.41, 5.74) is 1.13. The molecule has 4 heteroatoms. The molecule has 1 atom stereocenters. The van der Waals surface area contributed by atoms with Crippen LogP contribution >= 0.6 is 0 Å². The van der Waals surface area contributed by atoms with Crippen molar-refractivity contribution in [3.63, 3.8) is 0 Å². The Bertz CT molecular complexity index is 531. The van der Waals surface area contributed by atoms with Crippen molar-refractivity contribution in [1.29, 1.82) is 0 Å². The maximum atomic E-state index is 11.5. The highest BCUT2D eigenvalue weighted by molar-refractivity contribution is 5.93. The number of nitrogens with zero attached hydrogens (tertiary/aromatic N) is 1. The van der Waals surface area contributed by atoms with E-state index in [1.165, 1.54) is 0 Å². The van der Waals surface area contributed by atoms with Gasteiger partial charge in [-0.1, -0.05) is 12.0 Å². The maximum Gasteiger partial charge on any atom is 0.296 e. The lowest BCUT2D eigenvalue weighted by atomic mass is 10.0. The highest BCUT2D eigenvalue weighted by Gasteiger charge is 2.21. The van der Waals surface area contributed by atoms with E-state index in [4.69, 9.17) is 4.74 Å². The molecule has 20 heavy (non-hydrogen) atoms. The van der Waals surface area contributed by atoms with Gasteiger partial charge in [0.05, 0.1) is 7.11 Å². The predicted molar refractivity (Wildman–Crippen MR) is 79.8 cm³/mol. The molecule has 1 aromatic carbocycles. The Morgan fingerprint density at radius 3 is 3.10 bits per heavy atom. The van der Waals surface area contributed by atoms with E-state index in [1.54, 1.807) is 14.0 Å². The molecule has 0 aromatic heterocycles. The predicted octanol–water partition coefficient (Wildman–Crippen LogP) is 1.80. The van der Waals surface area contributed by atoms with Crippen molar-refractivity contribution in [2.24, 2.45) is 0 Å². The molecule has 0 aliphatic carbocycles. The summed E-state index contributed by atoms with van der Waals surface area (Å²) >= 11 is 0. The smallest absolute Gasteiger partial charge is 0.296 e. The minimum absolute atomic E-state index is 0.156. The van der Waals surface area contributed by atoms with Gasteiger partial charge in [0.25, 0.3) is 5.91 Å². The number of nitrogens with one attached hydrogen (secondary N) is 1. The summed E-state index contributed by atoms with van der Waals surface area (Å²) < 4.78 is 5.25. The monoisotopic (exact) mass is 272 g/mol. The first-order chi connectivity index (χ1) is 9.72. The number of amides is 1. The van der Waals surface area contributed by atoms with Crippen molar-refractivity contribution >= 4 is 11.6 Å². The third-order valence-electron chi connectivity index (χ3n) is 3.41. The number of hydrogen-bond acceptors (Lipinski definition) is 3.